The molecule has 156 valence electrons. The molecule has 1 aromatic heterocycles. The van der Waals surface area contributed by atoms with E-state index in [1.807, 2.05) is 24.3 Å². The zero-order valence-corrected chi connectivity index (χ0v) is 17.6. The zero-order valence-electron chi connectivity index (χ0n) is 16.8. The van der Waals surface area contributed by atoms with Gasteiger partial charge in [0.1, 0.15) is 0 Å². The molecule has 0 fully saturated rings. The van der Waals surface area contributed by atoms with E-state index in [-0.39, 0.29) is 29.6 Å². The first-order valence-electron chi connectivity index (χ1n) is 9.50. The van der Waals surface area contributed by atoms with Crippen LogP contribution in [-0.4, -0.2) is 43.0 Å². The smallest absolute Gasteiger partial charge is 0.242 e. The summed E-state index contributed by atoms with van der Waals surface area (Å²) in [4.78, 5) is 28.1. The Balaban J connectivity index is 1.57. The largest absolute Gasteiger partial charge is 0.324 e. The molecule has 1 N–H and O–H groups in total. The number of aromatic nitrogens is 1. The van der Waals surface area contributed by atoms with Crippen LogP contribution in [0.1, 0.15) is 30.1 Å². The van der Waals surface area contributed by atoms with E-state index in [9.17, 15) is 18.0 Å². The summed E-state index contributed by atoms with van der Waals surface area (Å²) in [5.41, 5.74) is 1.79. The Bertz CT molecular complexity index is 1170. The van der Waals surface area contributed by atoms with E-state index in [2.05, 4.69) is 10.3 Å². The lowest BCUT2D eigenvalue weighted by molar-refractivity contribution is -0.116. The Morgan fingerprint density at radius 3 is 2.43 bits per heavy atom. The lowest BCUT2D eigenvalue weighted by Crippen LogP contribution is -2.28. The predicted molar refractivity (Wildman–Crippen MR) is 116 cm³/mol. The summed E-state index contributed by atoms with van der Waals surface area (Å²) in [6.45, 7) is 1.62. The molecule has 0 bridgehead atoms. The second-order valence-electron chi connectivity index (χ2n) is 6.94. The number of benzene rings is 2. The number of fused-ring (bicyclic) bond motifs is 1. The van der Waals surface area contributed by atoms with Crippen LogP contribution < -0.4 is 5.32 Å². The summed E-state index contributed by atoms with van der Waals surface area (Å²) in [6.07, 6.45) is 2.21. The summed E-state index contributed by atoms with van der Waals surface area (Å²) in [7, 11) is -2.21. The van der Waals surface area contributed by atoms with E-state index in [0.717, 1.165) is 5.39 Å². The molecule has 0 unspecified atom stereocenters. The highest BCUT2D eigenvalue weighted by molar-refractivity contribution is 7.89. The molecule has 1 heterocycles. The predicted octanol–water partition coefficient (Wildman–Crippen LogP) is 3.48. The number of amides is 1. The molecule has 1 amide bonds. The van der Waals surface area contributed by atoms with E-state index >= 15 is 0 Å². The molecule has 3 rings (SSSR count). The Morgan fingerprint density at radius 2 is 1.73 bits per heavy atom. The number of pyridine rings is 1. The summed E-state index contributed by atoms with van der Waals surface area (Å²) in [6, 6.07) is 15.1. The van der Waals surface area contributed by atoms with E-state index in [1.54, 1.807) is 12.3 Å². The van der Waals surface area contributed by atoms with Gasteiger partial charge in [-0.05, 0) is 37.6 Å². The number of anilines is 1. The van der Waals surface area contributed by atoms with Crippen molar-refractivity contribution in [2.75, 3.05) is 18.9 Å². The molecule has 0 aliphatic rings. The Labute approximate surface area is 175 Å². The van der Waals surface area contributed by atoms with Gasteiger partial charge in [0.2, 0.25) is 15.9 Å². The van der Waals surface area contributed by atoms with Gasteiger partial charge in [0.15, 0.2) is 5.78 Å². The van der Waals surface area contributed by atoms with Gasteiger partial charge in [-0.3, -0.25) is 14.6 Å². The first kappa shape index (κ1) is 21.6. The number of nitrogens with zero attached hydrogens (tertiary/aromatic N) is 2. The first-order chi connectivity index (χ1) is 14.3. The number of nitrogens with one attached hydrogen (secondary N) is 1. The fourth-order valence-corrected chi connectivity index (χ4v) is 4.25. The maximum Gasteiger partial charge on any atom is 0.242 e. The van der Waals surface area contributed by atoms with Crippen LogP contribution in [0.25, 0.3) is 10.9 Å². The van der Waals surface area contributed by atoms with Gasteiger partial charge in [-0.1, -0.05) is 30.3 Å². The molecule has 3 aromatic rings. The fraction of sp³-hybridized carbons (Fsp3) is 0.227. The third kappa shape index (κ3) is 4.90. The average molecular weight is 426 g/mol. The average Bonchev–Trinajstić information content (AvgIpc) is 2.74. The highest BCUT2D eigenvalue weighted by atomic mass is 32.2. The van der Waals surface area contributed by atoms with Crippen molar-refractivity contribution in [3.8, 4) is 0 Å². The molecule has 0 aliphatic carbocycles. The molecule has 7 nitrogen and oxygen atoms in total. The molecular weight excluding hydrogens is 402 g/mol. The van der Waals surface area contributed by atoms with Gasteiger partial charge >= 0.3 is 0 Å². The van der Waals surface area contributed by atoms with Gasteiger partial charge in [0.25, 0.3) is 0 Å². The van der Waals surface area contributed by atoms with Gasteiger partial charge < -0.3 is 5.32 Å². The molecular formula is C22H23N3O4S. The van der Waals surface area contributed by atoms with Gasteiger partial charge in [-0.2, -0.15) is 0 Å². The number of hydrogen-bond donors (Lipinski definition) is 1. The highest BCUT2D eigenvalue weighted by Gasteiger charge is 2.21. The fourth-order valence-electron chi connectivity index (χ4n) is 3.04. The molecule has 0 saturated heterocycles. The lowest BCUT2D eigenvalue weighted by atomic mass is 10.2. The van der Waals surface area contributed by atoms with E-state index in [1.165, 1.54) is 42.5 Å². The molecule has 30 heavy (non-hydrogen) atoms. The summed E-state index contributed by atoms with van der Waals surface area (Å²) in [5.74, 6) is -0.329. The van der Waals surface area contributed by atoms with Crippen LogP contribution in [0.5, 0.6) is 0 Å². The second kappa shape index (κ2) is 9.15. The number of hydrogen-bond acceptors (Lipinski definition) is 5. The topological polar surface area (TPSA) is 96.4 Å². The highest BCUT2D eigenvalue weighted by Crippen LogP contribution is 2.21. The van der Waals surface area contributed by atoms with Crippen molar-refractivity contribution in [3.63, 3.8) is 0 Å². The van der Waals surface area contributed by atoms with Crippen molar-refractivity contribution >= 4 is 38.3 Å². The molecule has 0 saturated carbocycles. The van der Waals surface area contributed by atoms with Crippen LogP contribution in [0.4, 0.5) is 5.69 Å². The molecule has 0 radical (unpaired) electrons. The Hall–Kier alpha value is -3.10. The first-order valence-corrected chi connectivity index (χ1v) is 10.9. The lowest BCUT2D eigenvalue weighted by Gasteiger charge is -2.17. The number of sulfonamides is 1. The molecule has 8 heteroatoms. The second-order valence-corrected chi connectivity index (χ2v) is 8.98. The number of para-hydroxylation sites is 1. The van der Waals surface area contributed by atoms with Crippen LogP contribution in [0.3, 0.4) is 0 Å². The third-order valence-electron chi connectivity index (χ3n) is 4.75. The molecule has 0 aliphatic heterocycles. The van der Waals surface area contributed by atoms with Crippen LogP contribution in [-0.2, 0) is 14.8 Å². The monoisotopic (exact) mass is 425 g/mol. The number of carbonyl (C=O) groups excluding carboxylic acids is 2. The normalized spacial score (nSPS) is 11.6. The van der Waals surface area contributed by atoms with Crippen LogP contribution >= 0.6 is 0 Å². The maximum atomic E-state index is 12.7. The molecule has 0 atom stereocenters. The number of Topliss-reactive ketones (excluding diaryl/α,β-unsaturated/α-hetero) is 1. The van der Waals surface area contributed by atoms with E-state index in [4.69, 9.17) is 0 Å². The third-order valence-corrected chi connectivity index (χ3v) is 6.62. The van der Waals surface area contributed by atoms with Gasteiger partial charge in [-0.25, -0.2) is 12.7 Å². The van der Waals surface area contributed by atoms with Crippen LogP contribution in [0, 0.1) is 0 Å². The minimum absolute atomic E-state index is 0.112. The quantitative estimate of drug-likeness (QED) is 0.558. The molecule has 2 aromatic carbocycles. The van der Waals surface area contributed by atoms with Crippen LogP contribution in [0.15, 0.2) is 65.7 Å². The molecule has 0 spiro atoms. The summed E-state index contributed by atoms with van der Waals surface area (Å²) < 4.78 is 26.5. The van der Waals surface area contributed by atoms with Crippen molar-refractivity contribution in [2.24, 2.45) is 0 Å². The van der Waals surface area contributed by atoms with E-state index < -0.39 is 10.0 Å². The van der Waals surface area contributed by atoms with E-state index in [0.29, 0.717) is 23.2 Å². The van der Waals surface area contributed by atoms with Gasteiger partial charge in [0.05, 0.1) is 16.1 Å². The Kier molecular flexibility index (Phi) is 6.59. The van der Waals surface area contributed by atoms with Crippen molar-refractivity contribution in [1.82, 2.24) is 9.29 Å². The Morgan fingerprint density at radius 1 is 1.03 bits per heavy atom. The SMILES string of the molecule is CC(=O)c1ccc(S(=O)(=O)N(C)CCCC(=O)Nc2cccc3cccnc23)cc1. The minimum Gasteiger partial charge on any atom is -0.324 e. The maximum absolute atomic E-state index is 12.7. The number of carbonyl (C=O) groups is 2. The summed E-state index contributed by atoms with van der Waals surface area (Å²) >= 11 is 0. The van der Waals surface area contributed by atoms with Crippen molar-refractivity contribution in [1.29, 1.82) is 0 Å². The summed E-state index contributed by atoms with van der Waals surface area (Å²) in [5, 5.41) is 3.77. The standard InChI is InChI=1S/C22H23N3O4S/c1-16(26)17-10-12-19(13-11-17)30(28,29)25(2)15-5-9-21(27)24-20-8-3-6-18-7-4-14-23-22(18)20/h3-4,6-8,10-14H,5,9,15H2,1-2H3,(H,24,27). The minimum atomic E-state index is -3.69. The zero-order chi connectivity index (χ0) is 21.7. The number of rotatable bonds is 8. The van der Waals surface area contributed by atoms with Gasteiger partial charge in [-0.15, -0.1) is 0 Å². The number of ketones is 1. The van der Waals surface area contributed by atoms with Gasteiger partial charge in [0, 0.05) is 37.2 Å². The van der Waals surface area contributed by atoms with Crippen molar-refractivity contribution in [2.45, 2.75) is 24.7 Å². The van der Waals surface area contributed by atoms with Crippen molar-refractivity contribution < 1.29 is 18.0 Å². The van der Waals surface area contributed by atoms with Crippen LogP contribution in [0.2, 0.25) is 0 Å². The van der Waals surface area contributed by atoms with Crippen molar-refractivity contribution in [3.05, 3.63) is 66.4 Å².